The molecule has 0 amide bonds. The number of hydrogen-bond donors (Lipinski definition) is 1. The zero-order valence-electron chi connectivity index (χ0n) is 18.9. The highest BCUT2D eigenvalue weighted by Gasteiger charge is 2.44. The third-order valence-corrected chi connectivity index (χ3v) is 9.99. The van der Waals surface area contributed by atoms with Crippen molar-refractivity contribution in [2.45, 2.75) is 84.6 Å². The Morgan fingerprint density at radius 1 is 1.14 bits per heavy atom. The normalized spacial score (nSPS) is 16.0. The second kappa shape index (κ2) is 10.0. The Balaban J connectivity index is 2.94. The number of Topliss-reactive ketones (excluding diaryl/α,β-unsaturated/α-hetero) is 1. The minimum Gasteiger partial charge on any atom is -0.497 e. The Morgan fingerprint density at radius 3 is 2.07 bits per heavy atom. The average Bonchev–Trinajstić information content (AvgIpc) is 2.58. The fourth-order valence-electron chi connectivity index (χ4n) is 2.66. The highest BCUT2D eigenvalue weighted by atomic mass is 28.4. The fourth-order valence-corrected chi connectivity index (χ4v) is 3.95. The first kappa shape index (κ1) is 24.8. The van der Waals surface area contributed by atoms with E-state index in [9.17, 15) is 9.90 Å². The first-order valence-corrected chi connectivity index (χ1v) is 12.8. The number of carbonyl (C=O) groups excluding carboxylic acids is 1. The van der Waals surface area contributed by atoms with Gasteiger partial charge in [-0.15, -0.1) is 0 Å². The van der Waals surface area contributed by atoms with E-state index in [2.05, 4.69) is 33.9 Å². The van der Waals surface area contributed by atoms with E-state index in [1.54, 1.807) is 7.11 Å². The zero-order chi connectivity index (χ0) is 21.7. The summed E-state index contributed by atoms with van der Waals surface area (Å²) in [5.74, 6) is 0.637. The fraction of sp³-hybridized carbons (Fsp3) is 0.682. The molecule has 0 unspecified atom stereocenters. The minimum atomic E-state index is -2.22. The van der Waals surface area contributed by atoms with E-state index in [-0.39, 0.29) is 16.7 Å². The van der Waals surface area contributed by atoms with Crippen molar-refractivity contribution in [1.29, 1.82) is 0 Å². The molecule has 1 aromatic carbocycles. The molecule has 28 heavy (non-hydrogen) atoms. The Labute approximate surface area is 171 Å². The summed E-state index contributed by atoms with van der Waals surface area (Å²) >= 11 is 0. The van der Waals surface area contributed by atoms with Crippen LogP contribution in [0.25, 0.3) is 0 Å². The van der Waals surface area contributed by atoms with Crippen LogP contribution in [0.3, 0.4) is 0 Å². The van der Waals surface area contributed by atoms with Gasteiger partial charge in [0.25, 0.3) is 0 Å². The van der Waals surface area contributed by atoms with Gasteiger partial charge in [0.2, 0.25) is 0 Å². The number of benzene rings is 1. The molecule has 0 bridgehead atoms. The molecular weight excluding hydrogens is 372 g/mol. The smallest absolute Gasteiger partial charge is 0.193 e. The van der Waals surface area contributed by atoms with Crippen molar-refractivity contribution in [3.05, 3.63) is 29.8 Å². The van der Waals surface area contributed by atoms with E-state index in [0.29, 0.717) is 6.61 Å². The molecule has 3 atom stereocenters. The molecule has 5 nitrogen and oxygen atoms in total. The van der Waals surface area contributed by atoms with Gasteiger partial charge in [0.15, 0.2) is 14.1 Å². The van der Waals surface area contributed by atoms with Crippen molar-refractivity contribution >= 4 is 14.1 Å². The number of aliphatic hydroxyl groups is 1. The van der Waals surface area contributed by atoms with Gasteiger partial charge in [0, 0.05) is 0 Å². The van der Waals surface area contributed by atoms with Gasteiger partial charge >= 0.3 is 0 Å². The molecule has 0 aliphatic heterocycles. The third kappa shape index (κ3) is 6.69. The van der Waals surface area contributed by atoms with E-state index in [4.69, 9.17) is 13.9 Å². The van der Waals surface area contributed by atoms with Gasteiger partial charge in [-0.3, -0.25) is 4.79 Å². The highest BCUT2D eigenvalue weighted by molar-refractivity contribution is 6.74. The molecule has 0 heterocycles. The van der Waals surface area contributed by atoms with Crippen LogP contribution < -0.4 is 4.74 Å². The maximum atomic E-state index is 12.3. The maximum Gasteiger partial charge on any atom is 0.193 e. The lowest BCUT2D eigenvalue weighted by Crippen LogP contribution is -2.53. The summed E-state index contributed by atoms with van der Waals surface area (Å²) in [6, 6.07) is 7.60. The summed E-state index contributed by atoms with van der Waals surface area (Å²) in [5, 5.41) is 11.0. The number of aliphatic hydroxyl groups excluding tert-OH is 1. The van der Waals surface area contributed by atoms with Crippen LogP contribution in [0.2, 0.25) is 18.1 Å². The standard InChI is InChI=1S/C22H38O5Si/c1-15(2)20(26-14-17-10-12-18(25-7)13-11-17)19(24)21(16(3)23)27-28(8,9)22(4,5)6/h10-13,15,19-21,24H,14H2,1-9H3/t19-,20-,21+/m0/s1. The Hall–Kier alpha value is -1.21. The molecule has 0 saturated heterocycles. The second-order valence-corrected chi connectivity index (χ2v) is 14.0. The predicted molar refractivity (Wildman–Crippen MR) is 115 cm³/mol. The van der Waals surface area contributed by atoms with Crippen molar-refractivity contribution in [3.8, 4) is 5.75 Å². The molecular formula is C22H38O5Si. The number of ketones is 1. The zero-order valence-corrected chi connectivity index (χ0v) is 19.9. The van der Waals surface area contributed by atoms with Gasteiger partial charge in [0.05, 0.1) is 19.8 Å². The lowest BCUT2D eigenvalue weighted by molar-refractivity contribution is -0.143. The molecule has 160 valence electrons. The van der Waals surface area contributed by atoms with E-state index >= 15 is 0 Å². The van der Waals surface area contributed by atoms with E-state index in [1.807, 2.05) is 38.1 Å². The molecule has 0 spiro atoms. The van der Waals surface area contributed by atoms with Crippen molar-refractivity contribution in [2.24, 2.45) is 5.92 Å². The van der Waals surface area contributed by atoms with E-state index < -0.39 is 26.6 Å². The van der Waals surface area contributed by atoms with Gasteiger partial charge in [-0.1, -0.05) is 46.8 Å². The van der Waals surface area contributed by atoms with Gasteiger partial charge < -0.3 is 19.0 Å². The number of ether oxygens (including phenoxy) is 2. The van der Waals surface area contributed by atoms with Gasteiger partial charge in [-0.05, 0) is 48.7 Å². The molecule has 1 N–H and O–H groups in total. The van der Waals surface area contributed by atoms with Gasteiger partial charge in [0.1, 0.15) is 18.0 Å². The number of hydrogen-bond acceptors (Lipinski definition) is 5. The molecule has 1 aromatic rings. The number of methoxy groups -OCH3 is 1. The van der Waals surface area contributed by atoms with Crippen molar-refractivity contribution in [2.75, 3.05) is 7.11 Å². The summed E-state index contributed by atoms with van der Waals surface area (Å²) < 4.78 is 17.5. The maximum absolute atomic E-state index is 12.3. The monoisotopic (exact) mass is 410 g/mol. The molecule has 0 aliphatic rings. The lowest BCUT2D eigenvalue weighted by atomic mass is 9.96. The topological polar surface area (TPSA) is 65.0 Å². The van der Waals surface area contributed by atoms with Crippen molar-refractivity contribution in [1.82, 2.24) is 0 Å². The van der Waals surface area contributed by atoms with Crippen LogP contribution in [0.1, 0.15) is 47.1 Å². The quantitative estimate of drug-likeness (QED) is 0.572. The SMILES string of the molecule is COc1ccc(CO[C@@H](C(C)C)[C@H](O)[C@H](O[Si](C)(C)C(C)(C)C)C(C)=O)cc1. The van der Waals surface area contributed by atoms with Crippen molar-refractivity contribution < 1.29 is 23.8 Å². The third-order valence-electron chi connectivity index (χ3n) is 5.53. The molecule has 6 heteroatoms. The molecule has 0 aromatic heterocycles. The molecule has 0 aliphatic carbocycles. The van der Waals surface area contributed by atoms with Crippen LogP contribution in [0.5, 0.6) is 5.75 Å². The lowest BCUT2D eigenvalue weighted by Gasteiger charge is -2.41. The molecule has 1 rings (SSSR count). The summed E-state index contributed by atoms with van der Waals surface area (Å²) in [7, 11) is -0.596. The van der Waals surface area contributed by atoms with Crippen LogP contribution in [-0.2, 0) is 20.6 Å². The first-order valence-electron chi connectivity index (χ1n) is 9.91. The Kier molecular flexibility index (Phi) is 8.87. The number of rotatable bonds is 10. The summed E-state index contributed by atoms with van der Waals surface area (Å²) in [6.07, 6.45) is -2.42. The summed E-state index contributed by atoms with van der Waals surface area (Å²) in [4.78, 5) is 12.3. The Bertz CT molecular complexity index is 619. The van der Waals surface area contributed by atoms with E-state index in [1.165, 1.54) is 6.92 Å². The van der Waals surface area contributed by atoms with Gasteiger partial charge in [-0.2, -0.15) is 0 Å². The van der Waals surface area contributed by atoms with Crippen LogP contribution in [-0.4, -0.2) is 44.6 Å². The van der Waals surface area contributed by atoms with Gasteiger partial charge in [-0.25, -0.2) is 0 Å². The Morgan fingerprint density at radius 2 is 1.68 bits per heavy atom. The van der Waals surface area contributed by atoms with Crippen LogP contribution in [0, 0.1) is 5.92 Å². The predicted octanol–water partition coefficient (Wildman–Crippen LogP) is 4.58. The molecule has 0 fully saturated rings. The van der Waals surface area contributed by atoms with Crippen LogP contribution in [0.4, 0.5) is 0 Å². The second-order valence-electron chi connectivity index (χ2n) is 9.27. The summed E-state index contributed by atoms with van der Waals surface area (Å²) in [5.41, 5.74) is 0.975. The minimum absolute atomic E-state index is 0.0260. The van der Waals surface area contributed by atoms with Crippen molar-refractivity contribution in [3.63, 3.8) is 0 Å². The highest BCUT2D eigenvalue weighted by Crippen LogP contribution is 2.38. The summed E-state index contributed by atoms with van der Waals surface area (Å²) in [6.45, 7) is 16.3. The molecule has 0 saturated carbocycles. The van der Waals surface area contributed by atoms with E-state index in [0.717, 1.165) is 11.3 Å². The number of carbonyl (C=O) groups is 1. The average molecular weight is 411 g/mol. The van der Waals surface area contributed by atoms with Crippen LogP contribution in [0.15, 0.2) is 24.3 Å². The largest absolute Gasteiger partial charge is 0.497 e. The molecule has 0 radical (unpaired) electrons. The first-order chi connectivity index (χ1) is 12.8. The van der Waals surface area contributed by atoms with Crippen LogP contribution >= 0.6 is 0 Å².